The van der Waals surface area contributed by atoms with E-state index in [1.54, 1.807) is 49.9 Å². The summed E-state index contributed by atoms with van der Waals surface area (Å²) in [5, 5.41) is 18.2. The van der Waals surface area contributed by atoms with Crippen molar-refractivity contribution in [1.29, 1.82) is 0 Å². The number of carbonyl (C=O) groups is 7. The number of hydrogen-bond acceptors (Lipinski definition) is 9. The molecule has 16 nitrogen and oxygen atoms in total. The van der Waals surface area contributed by atoms with Gasteiger partial charge in [-0.05, 0) is 129 Å². The third-order valence-corrected chi connectivity index (χ3v) is 16.1. The Morgan fingerprint density at radius 3 is 1.79 bits per heavy atom. The second kappa shape index (κ2) is 24.8. The number of amides is 7. The largest absolute Gasteiger partial charge is 0.347 e. The van der Waals surface area contributed by atoms with Crippen LogP contribution in [-0.2, 0) is 54.7 Å². The van der Waals surface area contributed by atoms with E-state index >= 15 is 9.59 Å². The zero-order valence-corrected chi connectivity index (χ0v) is 47.8. The summed E-state index contributed by atoms with van der Waals surface area (Å²) in [6.07, 6.45) is 3.01. The van der Waals surface area contributed by atoms with E-state index in [2.05, 4.69) is 38.0 Å². The highest BCUT2D eigenvalue weighted by Gasteiger charge is 2.47. The Kier molecular flexibility index (Phi) is 18.7. The van der Waals surface area contributed by atoms with Crippen LogP contribution in [0.2, 0.25) is 0 Å². The van der Waals surface area contributed by atoms with Gasteiger partial charge < -0.3 is 46.6 Å². The van der Waals surface area contributed by atoms with Crippen LogP contribution in [0.25, 0.3) is 0 Å². The summed E-state index contributed by atoms with van der Waals surface area (Å²) in [4.78, 5) is 106. The highest BCUT2D eigenvalue weighted by Crippen LogP contribution is 2.35. The monoisotopic (exact) mass is 1070 g/mol. The number of rotatable bonds is 17. The molecule has 0 bridgehead atoms. The van der Waals surface area contributed by atoms with Gasteiger partial charge in [-0.1, -0.05) is 126 Å². The normalized spacial score (nSPS) is 20.2. The van der Waals surface area contributed by atoms with Gasteiger partial charge >= 0.3 is 0 Å². The van der Waals surface area contributed by atoms with Gasteiger partial charge in [-0.25, -0.2) is 0 Å². The molecule has 4 aromatic carbocycles. The van der Waals surface area contributed by atoms with Crippen LogP contribution in [0.5, 0.6) is 0 Å². The van der Waals surface area contributed by atoms with Crippen molar-refractivity contribution in [2.75, 3.05) is 20.6 Å². The Labute approximate surface area is 461 Å². The van der Waals surface area contributed by atoms with Gasteiger partial charge in [0.2, 0.25) is 35.4 Å². The average molecular weight is 1070 g/mol. The number of aryl methyl sites for hydroxylation is 2. The predicted octanol–water partition coefficient (Wildman–Crippen LogP) is 6.21. The van der Waals surface area contributed by atoms with E-state index in [0.717, 1.165) is 52.6 Å². The zero-order chi connectivity index (χ0) is 56.8. The van der Waals surface area contributed by atoms with Crippen LogP contribution in [0.3, 0.4) is 0 Å². The van der Waals surface area contributed by atoms with Gasteiger partial charge in [0.25, 0.3) is 5.91 Å². The van der Waals surface area contributed by atoms with Crippen molar-refractivity contribution < 1.29 is 33.6 Å². The van der Waals surface area contributed by atoms with Crippen LogP contribution in [0, 0.1) is 17.8 Å². The van der Waals surface area contributed by atoms with Crippen LogP contribution in [0.1, 0.15) is 143 Å². The predicted molar refractivity (Wildman–Crippen MR) is 303 cm³/mol. The van der Waals surface area contributed by atoms with E-state index in [4.69, 9.17) is 0 Å². The fourth-order valence-electron chi connectivity index (χ4n) is 11.1. The van der Waals surface area contributed by atoms with Gasteiger partial charge in [-0.2, -0.15) is 0 Å². The molecule has 16 heteroatoms. The minimum absolute atomic E-state index is 0.0446. The molecular weight excluding hydrogens is 983 g/mol. The van der Waals surface area contributed by atoms with Crippen LogP contribution >= 0.6 is 0 Å². The third-order valence-electron chi connectivity index (χ3n) is 16.1. The summed E-state index contributed by atoms with van der Waals surface area (Å²) in [7, 11) is 3.36. The summed E-state index contributed by atoms with van der Waals surface area (Å²) < 4.78 is 0. The summed E-state index contributed by atoms with van der Waals surface area (Å²) in [6, 6.07) is 24.7. The molecule has 0 radical (unpaired) electrons. The van der Waals surface area contributed by atoms with E-state index in [-0.39, 0.29) is 68.1 Å². The lowest BCUT2D eigenvalue weighted by Crippen LogP contribution is -2.62. The maximum atomic E-state index is 15.6. The van der Waals surface area contributed by atoms with E-state index in [1.165, 1.54) is 10.5 Å². The molecule has 2 heterocycles. The molecule has 1 fully saturated rings. The summed E-state index contributed by atoms with van der Waals surface area (Å²) in [5.74, 6) is -2.40. The van der Waals surface area contributed by atoms with E-state index in [1.807, 2.05) is 134 Å². The first-order valence-electron chi connectivity index (χ1n) is 27.7. The molecule has 3 aliphatic rings. The van der Waals surface area contributed by atoms with Gasteiger partial charge in [0.05, 0.1) is 24.2 Å². The van der Waals surface area contributed by atoms with Crippen LogP contribution in [0.4, 0.5) is 0 Å². The molecule has 1 saturated heterocycles. The number of nitrogens with one attached hydrogen (secondary N) is 6. The topological polar surface area (TPSA) is 201 Å². The van der Waals surface area contributed by atoms with E-state index in [0.29, 0.717) is 5.56 Å². The molecular formula is C62H83N9O7. The number of nitrogens with zero attached hydrogens (tertiary/aromatic N) is 3. The Morgan fingerprint density at radius 1 is 0.654 bits per heavy atom. The van der Waals surface area contributed by atoms with E-state index in [9.17, 15) is 24.0 Å². The maximum Gasteiger partial charge on any atom is 0.251 e. The lowest BCUT2D eigenvalue weighted by Gasteiger charge is -2.43. The molecule has 6 N–H and O–H groups in total. The standard InChI is InChI=1S/C62H83N9O7/c1-37-20-13-17-25-47(37)40(4)69(58(76)51-32-44-22-14-15-23-45(44)35-70(51)59(77)52(61(5,6)7)67-54(72)38(2)63-11)34-41-28-30-43(31-29-41)56(74)65-46-33-50(57(75)66-49-27-19-24-42-21-16-18-26-48(42)49)71(36-46)60(78)53(62(8,9)10)68-55(73)39(3)64-12/h13-18,20-23,25-26,28-31,38-40,46,49-53,63-64H,19,24,27,32-36H2,1-12H3,(H,65,74)(H,66,75)(H,67,72)(H,68,73)/t38-,39-,40+,46-,49+,50-,51-,52?,53+/m0/s1. The van der Waals surface area contributed by atoms with Crippen molar-refractivity contribution in [3.63, 3.8) is 0 Å². The molecule has 9 atom stereocenters. The second-order valence-corrected chi connectivity index (χ2v) is 23.9. The van der Waals surface area contributed by atoms with Gasteiger partial charge in [-0.15, -0.1) is 0 Å². The first kappa shape index (κ1) is 58.8. The van der Waals surface area contributed by atoms with Crippen molar-refractivity contribution in [3.05, 3.63) is 142 Å². The quantitative estimate of drug-likeness (QED) is 0.0712. The number of likely N-dealkylation sites (tertiary alicyclic amines) is 1. The minimum atomic E-state index is -0.966. The average Bonchev–Trinajstić information content (AvgIpc) is 3.91. The first-order valence-corrected chi connectivity index (χ1v) is 27.7. The Balaban J connectivity index is 1.15. The fraction of sp³-hybridized carbons (Fsp3) is 0.500. The molecule has 418 valence electrons. The molecule has 0 spiro atoms. The van der Waals surface area contributed by atoms with E-state index < -0.39 is 71.0 Å². The number of likely N-dealkylation sites (N-methyl/N-ethyl adjacent to an activating group) is 2. The number of carbonyl (C=O) groups excluding carboxylic acids is 7. The Morgan fingerprint density at radius 2 is 1.21 bits per heavy atom. The minimum Gasteiger partial charge on any atom is -0.347 e. The SMILES string of the molecule is CN[C@@H](C)C(=O)NC(C(=O)N1Cc2ccccc2C[C@H]1C(=O)N(Cc1ccc(C(=O)N[C@H]2C[C@@H](C(=O)N[C@@H]3CCCc4ccccc43)N(C(=O)[C@@H](NC(=O)[C@H](C)NC)C(C)(C)C)C2)cc1)[C@H](C)c1ccccc1C)C(C)(C)C. The summed E-state index contributed by atoms with van der Waals surface area (Å²) >= 11 is 0. The molecule has 0 saturated carbocycles. The molecule has 7 amide bonds. The molecule has 0 aromatic heterocycles. The fourth-order valence-corrected chi connectivity index (χ4v) is 11.1. The zero-order valence-electron chi connectivity index (χ0n) is 47.8. The molecule has 4 aromatic rings. The third kappa shape index (κ3) is 13.5. The first-order chi connectivity index (χ1) is 36.9. The van der Waals surface area contributed by atoms with Crippen LogP contribution in [-0.4, -0.2) is 119 Å². The van der Waals surface area contributed by atoms with Gasteiger partial charge in [-0.3, -0.25) is 33.6 Å². The van der Waals surface area contributed by atoms with Crippen molar-refractivity contribution >= 4 is 41.4 Å². The van der Waals surface area contributed by atoms with Crippen molar-refractivity contribution in [2.24, 2.45) is 10.8 Å². The van der Waals surface area contributed by atoms with Crippen molar-refractivity contribution in [2.45, 2.75) is 169 Å². The van der Waals surface area contributed by atoms with Gasteiger partial charge in [0.1, 0.15) is 24.2 Å². The van der Waals surface area contributed by atoms with Crippen LogP contribution < -0.4 is 31.9 Å². The molecule has 78 heavy (non-hydrogen) atoms. The van der Waals surface area contributed by atoms with Gasteiger partial charge in [0, 0.05) is 37.7 Å². The summed E-state index contributed by atoms with van der Waals surface area (Å²) in [5.41, 5.74) is 5.76. The Bertz CT molecular complexity index is 2840. The lowest BCUT2D eigenvalue weighted by atomic mass is 9.84. The maximum absolute atomic E-state index is 15.6. The van der Waals surface area contributed by atoms with Crippen molar-refractivity contribution in [3.8, 4) is 0 Å². The smallest absolute Gasteiger partial charge is 0.251 e. The highest BCUT2D eigenvalue weighted by molar-refractivity contribution is 5.97. The number of hydrogen-bond donors (Lipinski definition) is 6. The molecule has 7 rings (SSSR count). The number of fused-ring (bicyclic) bond motifs is 2. The number of benzene rings is 4. The molecule has 2 aliphatic heterocycles. The second-order valence-electron chi connectivity index (χ2n) is 23.9. The summed E-state index contributed by atoms with van der Waals surface area (Å²) in [6.45, 7) is 19.1. The van der Waals surface area contributed by atoms with Crippen molar-refractivity contribution in [1.82, 2.24) is 46.6 Å². The lowest BCUT2D eigenvalue weighted by molar-refractivity contribution is -0.152. The van der Waals surface area contributed by atoms with Gasteiger partial charge in [0.15, 0.2) is 0 Å². The molecule has 1 unspecified atom stereocenters. The Hall–Kier alpha value is -6.91. The van der Waals surface area contributed by atoms with Crippen LogP contribution in [0.15, 0.2) is 97.1 Å². The molecule has 1 aliphatic carbocycles. The highest BCUT2D eigenvalue weighted by atomic mass is 16.2.